The predicted molar refractivity (Wildman–Crippen MR) is 66.9 cm³/mol. The van der Waals surface area contributed by atoms with Gasteiger partial charge >= 0.3 is 0 Å². The minimum atomic E-state index is 0.860. The van der Waals surface area contributed by atoms with Gasteiger partial charge in [-0.3, -0.25) is 4.68 Å². The highest BCUT2D eigenvalue weighted by molar-refractivity contribution is 5.59. The fourth-order valence-corrected chi connectivity index (χ4v) is 1.94. The fourth-order valence-electron chi connectivity index (χ4n) is 1.94. The maximum absolute atomic E-state index is 5.15. The van der Waals surface area contributed by atoms with Crippen molar-refractivity contribution >= 4 is 0 Å². The maximum atomic E-state index is 5.15. The number of aromatic nitrogens is 2. The van der Waals surface area contributed by atoms with Gasteiger partial charge < -0.3 is 4.74 Å². The lowest BCUT2D eigenvalue weighted by molar-refractivity contribution is 0.415. The Hall–Kier alpha value is -1.77. The van der Waals surface area contributed by atoms with E-state index in [1.54, 1.807) is 7.11 Å². The Balaban J connectivity index is 1.79. The van der Waals surface area contributed by atoms with Crippen LogP contribution < -0.4 is 4.74 Å². The molecule has 1 fully saturated rings. The van der Waals surface area contributed by atoms with Crippen LogP contribution in [0.5, 0.6) is 5.75 Å². The molecule has 1 aliphatic rings. The van der Waals surface area contributed by atoms with E-state index in [2.05, 4.69) is 22.0 Å². The monoisotopic (exact) mass is 228 g/mol. The molecule has 2 aromatic rings. The van der Waals surface area contributed by atoms with Crippen molar-refractivity contribution < 1.29 is 4.74 Å². The number of methoxy groups -OCH3 is 1. The average Bonchev–Trinajstić information content (AvgIpc) is 3.06. The van der Waals surface area contributed by atoms with Crippen LogP contribution in [-0.4, -0.2) is 16.9 Å². The number of hydrogen-bond acceptors (Lipinski definition) is 2. The van der Waals surface area contributed by atoms with Crippen LogP contribution in [0.25, 0.3) is 11.3 Å². The largest absolute Gasteiger partial charge is 0.497 e. The fraction of sp³-hybridized carbons (Fsp3) is 0.357. The molecule has 3 nitrogen and oxygen atoms in total. The Labute approximate surface area is 101 Å². The Kier molecular flexibility index (Phi) is 2.59. The number of nitrogens with zero attached hydrogens (tertiary/aromatic N) is 2. The van der Waals surface area contributed by atoms with Crippen molar-refractivity contribution in [3.8, 4) is 17.0 Å². The molecule has 0 amide bonds. The summed E-state index contributed by atoms with van der Waals surface area (Å²) in [7, 11) is 1.68. The Bertz CT molecular complexity index is 497. The van der Waals surface area contributed by atoms with Crippen molar-refractivity contribution in [1.29, 1.82) is 0 Å². The number of benzene rings is 1. The van der Waals surface area contributed by atoms with Crippen molar-refractivity contribution in [1.82, 2.24) is 9.78 Å². The standard InChI is InChI=1S/C14H16N2O/c1-17-13-6-4-12(5-7-13)14-8-9-16(15-14)10-11-2-3-11/h4-9,11H,2-3,10H2,1H3. The molecule has 0 radical (unpaired) electrons. The zero-order chi connectivity index (χ0) is 11.7. The van der Waals surface area contributed by atoms with Crippen LogP contribution in [0.3, 0.4) is 0 Å². The summed E-state index contributed by atoms with van der Waals surface area (Å²) in [5.41, 5.74) is 2.17. The quantitative estimate of drug-likeness (QED) is 0.804. The third kappa shape index (κ3) is 2.33. The summed E-state index contributed by atoms with van der Waals surface area (Å²) in [6.45, 7) is 1.07. The van der Waals surface area contributed by atoms with Crippen LogP contribution in [0.15, 0.2) is 36.5 Å². The maximum Gasteiger partial charge on any atom is 0.118 e. The van der Waals surface area contributed by atoms with Gasteiger partial charge in [-0.15, -0.1) is 0 Å². The van der Waals surface area contributed by atoms with Gasteiger partial charge in [0.1, 0.15) is 5.75 Å². The van der Waals surface area contributed by atoms with E-state index in [1.165, 1.54) is 12.8 Å². The molecule has 17 heavy (non-hydrogen) atoms. The molecule has 88 valence electrons. The van der Waals surface area contributed by atoms with E-state index in [-0.39, 0.29) is 0 Å². The summed E-state index contributed by atoms with van der Waals surface area (Å²) >= 11 is 0. The predicted octanol–water partition coefficient (Wildman–Crippen LogP) is 2.97. The number of ether oxygens (including phenoxy) is 1. The first kappa shape index (κ1) is 10.4. The van der Waals surface area contributed by atoms with Gasteiger partial charge in [-0.25, -0.2) is 0 Å². The molecule has 3 rings (SSSR count). The lowest BCUT2D eigenvalue weighted by atomic mass is 10.1. The van der Waals surface area contributed by atoms with Gasteiger partial charge in [-0.2, -0.15) is 5.10 Å². The lowest BCUT2D eigenvalue weighted by Crippen LogP contribution is -1.99. The van der Waals surface area contributed by atoms with E-state index >= 15 is 0 Å². The zero-order valence-corrected chi connectivity index (χ0v) is 9.97. The molecule has 3 heteroatoms. The summed E-state index contributed by atoms with van der Waals surface area (Å²) in [6.07, 6.45) is 4.79. The summed E-state index contributed by atoms with van der Waals surface area (Å²) in [5, 5.41) is 4.59. The number of rotatable bonds is 4. The molecule has 0 atom stereocenters. The molecular weight excluding hydrogens is 212 g/mol. The molecule has 0 bridgehead atoms. The summed E-state index contributed by atoms with van der Waals surface area (Å²) in [6, 6.07) is 10.1. The van der Waals surface area contributed by atoms with Crippen molar-refractivity contribution in [3.05, 3.63) is 36.5 Å². The first-order valence-corrected chi connectivity index (χ1v) is 6.03. The highest BCUT2D eigenvalue weighted by atomic mass is 16.5. The van der Waals surface area contributed by atoms with Gasteiger partial charge in [0.05, 0.1) is 12.8 Å². The van der Waals surface area contributed by atoms with E-state index < -0.39 is 0 Å². The van der Waals surface area contributed by atoms with Gasteiger partial charge in [-0.05, 0) is 49.1 Å². The van der Waals surface area contributed by atoms with Crippen LogP contribution in [0.2, 0.25) is 0 Å². The van der Waals surface area contributed by atoms with Crippen molar-refractivity contribution in [2.75, 3.05) is 7.11 Å². The molecule has 0 unspecified atom stereocenters. The van der Waals surface area contributed by atoms with E-state index in [0.29, 0.717) is 0 Å². The van der Waals surface area contributed by atoms with Gasteiger partial charge in [0, 0.05) is 18.3 Å². The summed E-state index contributed by atoms with van der Waals surface area (Å²) < 4.78 is 7.20. The molecule has 1 aliphatic carbocycles. The number of hydrogen-bond donors (Lipinski definition) is 0. The summed E-state index contributed by atoms with van der Waals surface area (Å²) in [5.74, 6) is 1.74. The minimum Gasteiger partial charge on any atom is -0.497 e. The van der Waals surface area contributed by atoms with Crippen LogP contribution in [0.4, 0.5) is 0 Å². The van der Waals surface area contributed by atoms with Crippen LogP contribution >= 0.6 is 0 Å². The average molecular weight is 228 g/mol. The minimum absolute atomic E-state index is 0.860. The first-order valence-electron chi connectivity index (χ1n) is 6.03. The second-order valence-corrected chi connectivity index (χ2v) is 4.59. The Morgan fingerprint density at radius 3 is 2.65 bits per heavy atom. The Morgan fingerprint density at radius 2 is 2.00 bits per heavy atom. The highest BCUT2D eigenvalue weighted by Gasteiger charge is 2.21. The van der Waals surface area contributed by atoms with Crippen LogP contribution in [0.1, 0.15) is 12.8 Å². The molecule has 0 N–H and O–H groups in total. The molecule has 1 saturated carbocycles. The topological polar surface area (TPSA) is 27.1 Å². The third-order valence-electron chi connectivity index (χ3n) is 3.17. The second-order valence-electron chi connectivity index (χ2n) is 4.59. The van der Waals surface area contributed by atoms with Gasteiger partial charge in [-0.1, -0.05) is 0 Å². The highest BCUT2D eigenvalue weighted by Crippen LogP contribution is 2.30. The summed E-state index contributed by atoms with van der Waals surface area (Å²) in [4.78, 5) is 0. The SMILES string of the molecule is COc1ccc(-c2ccn(CC3CC3)n2)cc1. The zero-order valence-electron chi connectivity index (χ0n) is 9.97. The van der Waals surface area contributed by atoms with Crippen LogP contribution in [-0.2, 0) is 6.54 Å². The van der Waals surface area contributed by atoms with E-state index in [0.717, 1.165) is 29.5 Å². The van der Waals surface area contributed by atoms with Gasteiger partial charge in [0.25, 0.3) is 0 Å². The van der Waals surface area contributed by atoms with Crippen molar-refractivity contribution in [3.63, 3.8) is 0 Å². The second kappa shape index (κ2) is 4.24. The molecule has 1 aromatic carbocycles. The molecule has 1 heterocycles. The van der Waals surface area contributed by atoms with Crippen LogP contribution in [0, 0.1) is 5.92 Å². The van der Waals surface area contributed by atoms with Crippen molar-refractivity contribution in [2.24, 2.45) is 5.92 Å². The van der Waals surface area contributed by atoms with Gasteiger partial charge in [0.2, 0.25) is 0 Å². The Morgan fingerprint density at radius 1 is 1.24 bits per heavy atom. The van der Waals surface area contributed by atoms with Gasteiger partial charge in [0.15, 0.2) is 0 Å². The lowest BCUT2D eigenvalue weighted by Gasteiger charge is -2.01. The van der Waals surface area contributed by atoms with E-state index in [4.69, 9.17) is 4.74 Å². The smallest absolute Gasteiger partial charge is 0.118 e. The first-order chi connectivity index (χ1) is 8.35. The normalized spacial score (nSPS) is 14.9. The molecule has 0 saturated heterocycles. The molecule has 0 spiro atoms. The molecule has 0 aliphatic heterocycles. The van der Waals surface area contributed by atoms with E-state index in [1.807, 2.05) is 24.3 Å². The molecule has 1 aromatic heterocycles. The van der Waals surface area contributed by atoms with Crippen molar-refractivity contribution in [2.45, 2.75) is 19.4 Å². The molecular formula is C14H16N2O. The third-order valence-corrected chi connectivity index (χ3v) is 3.17. The van der Waals surface area contributed by atoms with E-state index in [9.17, 15) is 0 Å².